The van der Waals surface area contributed by atoms with E-state index in [4.69, 9.17) is 27.9 Å². The fraction of sp³-hybridized carbons (Fsp3) is 0.625. The first-order valence-corrected chi connectivity index (χ1v) is 10.5. The summed E-state index contributed by atoms with van der Waals surface area (Å²) in [5, 5.41) is 0.625. The standard InChI is InChI=1S/C16H20Cl2N2O3S/c17-11-3-12(18)5-15(4-11)24(21,22)19-13-6-14-9-23-16(10-1-2-10)8-20(14)7-13/h3-5,10,13-14,16,19H,1-2,6-9H2/t13-,14-,16+/m0/s1. The maximum atomic E-state index is 12.6. The smallest absolute Gasteiger partial charge is 0.240 e. The zero-order chi connectivity index (χ0) is 16.9. The van der Waals surface area contributed by atoms with Crippen molar-refractivity contribution in [2.45, 2.75) is 42.3 Å². The van der Waals surface area contributed by atoms with E-state index in [0.29, 0.717) is 34.7 Å². The Bertz CT molecular complexity index is 719. The van der Waals surface area contributed by atoms with E-state index >= 15 is 0 Å². The van der Waals surface area contributed by atoms with Crippen molar-refractivity contribution in [2.24, 2.45) is 5.92 Å². The van der Waals surface area contributed by atoms with Crippen molar-refractivity contribution in [3.63, 3.8) is 0 Å². The highest BCUT2D eigenvalue weighted by Crippen LogP contribution is 2.38. The van der Waals surface area contributed by atoms with Gasteiger partial charge in [0.1, 0.15) is 0 Å². The maximum absolute atomic E-state index is 12.6. The predicted octanol–water partition coefficient (Wildman–Crippen LogP) is 2.52. The molecular weight excluding hydrogens is 371 g/mol. The van der Waals surface area contributed by atoms with Gasteiger partial charge in [-0.2, -0.15) is 0 Å². The van der Waals surface area contributed by atoms with Gasteiger partial charge in [-0.3, -0.25) is 4.90 Å². The molecule has 0 spiro atoms. The molecule has 5 nitrogen and oxygen atoms in total. The van der Waals surface area contributed by atoms with Crippen LogP contribution in [0.1, 0.15) is 19.3 Å². The number of rotatable bonds is 4. The summed E-state index contributed by atoms with van der Waals surface area (Å²) in [5.74, 6) is 0.704. The third-order valence-corrected chi connectivity index (χ3v) is 7.00. The summed E-state index contributed by atoms with van der Waals surface area (Å²) in [6.45, 7) is 2.34. The van der Waals surface area contributed by atoms with Crippen LogP contribution in [-0.4, -0.2) is 51.2 Å². The van der Waals surface area contributed by atoms with E-state index in [1.807, 2.05) is 0 Å². The molecule has 3 fully saturated rings. The van der Waals surface area contributed by atoms with Crippen LogP contribution in [0.15, 0.2) is 23.1 Å². The molecule has 1 saturated carbocycles. The van der Waals surface area contributed by atoms with Crippen molar-refractivity contribution in [1.29, 1.82) is 0 Å². The Morgan fingerprint density at radius 3 is 2.50 bits per heavy atom. The fourth-order valence-electron chi connectivity index (χ4n) is 3.71. The number of hydrogen-bond donors (Lipinski definition) is 1. The largest absolute Gasteiger partial charge is 0.375 e. The molecule has 2 aliphatic heterocycles. The lowest BCUT2D eigenvalue weighted by Gasteiger charge is -2.35. The highest BCUT2D eigenvalue weighted by atomic mass is 35.5. The highest BCUT2D eigenvalue weighted by molar-refractivity contribution is 7.89. The van der Waals surface area contributed by atoms with Crippen molar-refractivity contribution in [1.82, 2.24) is 9.62 Å². The van der Waals surface area contributed by atoms with Crippen LogP contribution in [0, 0.1) is 5.92 Å². The van der Waals surface area contributed by atoms with Crippen molar-refractivity contribution in [3.05, 3.63) is 28.2 Å². The number of ether oxygens (including phenoxy) is 1. The Labute approximate surface area is 152 Å². The minimum Gasteiger partial charge on any atom is -0.375 e. The number of halogens is 2. The lowest BCUT2D eigenvalue weighted by Crippen LogP contribution is -2.47. The number of nitrogens with zero attached hydrogens (tertiary/aromatic N) is 1. The summed E-state index contributed by atoms with van der Waals surface area (Å²) in [7, 11) is -3.64. The molecule has 8 heteroatoms. The summed E-state index contributed by atoms with van der Waals surface area (Å²) in [4.78, 5) is 2.47. The number of benzene rings is 1. The van der Waals surface area contributed by atoms with Gasteiger partial charge in [0.05, 0.1) is 17.6 Å². The van der Waals surface area contributed by atoms with E-state index in [1.54, 1.807) is 0 Å². The SMILES string of the molecule is O=S(=O)(N[C@H]1C[C@H]2CO[C@@H](C3CC3)CN2C1)c1cc(Cl)cc(Cl)c1. The molecule has 1 aromatic rings. The van der Waals surface area contributed by atoms with Crippen LogP contribution >= 0.6 is 23.2 Å². The van der Waals surface area contributed by atoms with Gasteiger partial charge >= 0.3 is 0 Å². The van der Waals surface area contributed by atoms with Crippen LogP contribution in [-0.2, 0) is 14.8 Å². The average Bonchev–Trinajstić information content (AvgIpc) is 3.26. The third-order valence-electron chi connectivity index (χ3n) is 5.06. The molecule has 132 valence electrons. The average molecular weight is 391 g/mol. The molecule has 0 unspecified atom stereocenters. The number of morpholine rings is 1. The fourth-order valence-corrected chi connectivity index (χ4v) is 5.67. The van der Waals surface area contributed by atoms with Crippen LogP contribution in [0.4, 0.5) is 0 Å². The zero-order valence-electron chi connectivity index (χ0n) is 13.1. The molecule has 0 bridgehead atoms. The second kappa shape index (κ2) is 6.41. The number of nitrogens with one attached hydrogen (secondary N) is 1. The first-order chi connectivity index (χ1) is 11.4. The van der Waals surface area contributed by atoms with Crippen molar-refractivity contribution in [3.8, 4) is 0 Å². The molecule has 4 rings (SSSR count). The summed E-state index contributed by atoms with van der Waals surface area (Å²) in [6.07, 6.45) is 3.61. The van der Waals surface area contributed by atoms with Crippen LogP contribution in [0.5, 0.6) is 0 Å². The van der Waals surface area contributed by atoms with Gasteiger partial charge in [-0.1, -0.05) is 23.2 Å². The van der Waals surface area contributed by atoms with E-state index in [9.17, 15) is 8.42 Å². The van der Waals surface area contributed by atoms with Gasteiger partial charge in [0.25, 0.3) is 0 Å². The molecule has 1 aromatic carbocycles. The van der Waals surface area contributed by atoms with Crippen LogP contribution in [0.3, 0.4) is 0 Å². The van der Waals surface area contributed by atoms with E-state index in [1.165, 1.54) is 31.0 Å². The molecule has 3 atom stereocenters. The lowest BCUT2D eigenvalue weighted by molar-refractivity contribution is -0.0581. The molecule has 0 aromatic heterocycles. The Hall–Kier alpha value is -0.370. The van der Waals surface area contributed by atoms with Crippen LogP contribution in [0.2, 0.25) is 10.0 Å². The Balaban J connectivity index is 1.43. The minimum absolute atomic E-state index is 0.108. The van der Waals surface area contributed by atoms with Crippen molar-refractivity contribution >= 4 is 33.2 Å². The third kappa shape index (κ3) is 3.59. The molecule has 1 aliphatic carbocycles. The first kappa shape index (κ1) is 17.1. The van der Waals surface area contributed by atoms with Gasteiger partial charge in [-0.15, -0.1) is 0 Å². The zero-order valence-corrected chi connectivity index (χ0v) is 15.4. The lowest BCUT2D eigenvalue weighted by atomic mass is 10.1. The van der Waals surface area contributed by atoms with Crippen LogP contribution < -0.4 is 4.72 Å². The van der Waals surface area contributed by atoms with E-state index in [2.05, 4.69) is 9.62 Å². The molecule has 3 aliphatic rings. The molecule has 1 N–H and O–H groups in total. The predicted molar refractivity (Wildman–Crippen MR) is 93.0 cm³/mol. The summed E-state index contributed by atoms with van der Waals surface area (Å²) in [5.41, 5.74) is 0. The summed E-state index contributed by atoms with van der Waals surface area (Å²) in [6, 6.07) is 4.55. The van der Waals surface area contributed by atoms with Crippen molar-refractivity contribution in [2.75, 3.05) is 19.7 Å². The molecule has 2 saturated heterocycles. The summed E-state index contributed by atoms with van der Waals surface area (Å²) >= 11 is 11.8. The first-order valence-electron chi connectivity index (χ1n) is 8.25. The Morgan fingerprint density at radius 1 is 1.12 bits per heavy atom. The van der Waals surface area contributed by atoms with Gasteiger partial charge in [-0.05, 0) is 43.4 Å². The van der Waals surface area contributed by atoms with E-state index < -0.39 is 10.0 Å². The van der Waals surface area contributed by atoms with Gasteiger partial charge < -0.3 is 4.74 Å². The van der Waals surface area contributed by atoms with E-state index in [-0.39, 0.29) is 10.9 Å². The summed E-state index contributed by atoms with van der Waals surface area (Å²) < 4.78 is 34.0. The van der Waals surface area contributed by atoms with Crippen molar-refractivity contribution < 1.29 is 13.2 Å². The van der Waals surface area contributed by atoms with E-state index in [0.717, 1.165) is 19.5 Å². The quantitative estimate of drug-likeness (QED) is 0.857. The van der Waals surface area contributed by atoms with Crippen LogP contribution in [0.25, 0.3) is 0 Å². The number of fused-ring (bicyclic) bond motifs is 1. The molecule has 2 heterocycles. The minimum atomic E-state index is -3.64. The van der Waals surface area contributed by atoms with Gasteiger partial charge in [0, 0.05) is 35.2 Å². The normalized spacial score (nSPS) is 31.2. The molecular formula is C16H20Cl2N2O3S. The van der Waals surface area contributed by atoms with Gasteiger partial charge in [0.2, 0.25) is 10.0 Å². The van der Waals surface area contributed by atoms with Gasteiger partial charge in [-0.25, -0.2) is 13.1 Å². The topological polar surface area (TPSA) is 58.6 Å². The molecule has 0 radical (unpaired) electrons. The Morgan fingerprint density at radius 2 is 1.83 bits per heavy atom. The highest BCUT2D eigenvalue weighted by Gasteiger charge is 2.43. The second-order valence-corrected chi connectivity index (χ2v) is 9.56. The number of hydrogen-bond acceptors (Lipinski definition) is 4. The second-order valence-electron chi connectivity index (χ2n) is 6.98. The monoisotopic (exact) mass is 390 g/mol. The Kier molecular flexibility index (Phi) is 4.56. The molecule has 0 amide bonds. The maximum Gasteiger partial charge on any atom is 0.240 e. The van der Waals surface area contributed by atoms with Gasteiger partial charge in [0.15, 0.2) is 0 Å². The molecule has 24 heavy (non-hydrogen) atoms. The number of sulfonamides is 1.